The van der Waals surface area contributed by atoms with Gasteiger partial charge in [-0.15, -0.1) is 0 Å². The van der Waals surface area contributed by atoms with Crippen molar-refractivity contribution in [3.8, 4) is 11.5 Å². The first kappa shape index (κ1) is 14.2. The second-order valence-corrected chi connectivity index (χ2v) is 5.70. The quantitative estimate of drug-likeness (QED) is 0.810. The standard InChI is InChI=1S/C14H13Br2NO2/c1-19-14-7-13(11(15)6-12(14)16)17-8-9-3-2-4-10(18)5-9/h2-7,17-18H,8H2,1H3. The molecule has 2 N–H and O–H groups in total. The Labute approximate surface area is 128 Å². The molecule has 0 unspecified atom stereocenters. The number of ether oxygens (including phenoxy) is 1. The lowest BCUT2D eigenvalue weighted by Gasteiger charge is -2.12. The van der Waals surface area contributed by atoms with Gasteiger partial charge in [-0.3, -0.25) is 0 Å². The molecule has 0 radical (unpaired) electrons. The van der Waals surface area contributed by atoms with Crippen LogP contribution in [-0.4, -0.2) is 12.2 Å². The predicted molar refractivity (Wildman–Crippen MR) is 83.8 cm³/mol. The average molecular weight is 387 g/mol. The van der Waals surface area contributed by atoms with Crippen molar-refractivity contribution in [1.29, 1.82) is 0 Å². The summed E-state index contributed by atoms with van der Waals surface area (Å²) in [6, 6.07) is 11.0. The van der Waals surface area contributed by atoms with E-state index in [9.17, 15) is 5.11 Å². The third kappa shape index (κ3) is 3.64. The van der Waals surface area contributed by atoms with Gasteiger partial charge in [-0.05, 0) is 55.6 Å². The Morgan fingerprint density at radius 1 is 1.16 bits per heavy atom. The summed E-state index contributed by atoms with van der Waals surface area (Å²) in [4.78, 5) is 0. The summed E-state index contributed by atoms with van der Waals surface area (Å²) in [6.07, 6.45) is 0. The maximum Gasteiger partial charge on any atom is 0.135 e. The third-order valence-electron chi connectivity index (χ3n) is 2.64. The van der Waals surface area contributed by atoms with Crippen molar-refractivity contribution in [2.24, 2.45) is 0 Å². The van der Waals surface area contributed by atoms with Gasteiger partial charge >= 0.3 is 0 Å². The van der Waals surface area contributed by atoms with Crippen LogP contribution in [0.3, 0.4) is 0 Å². The van der Waals surface area contributed by atoms with Gasteiger partial charge in [0.25, 0.3) is 0 Å². The molecular formula is C14H13Br2NO2. The first-order chi connectivity index (χ1) is 9.10. The van der Waals surface area contributed by atoms with Crippen LogP contribution in [-0.2, 0) is 6.54 Å². The van der Waals surface area contributed by atoms with Gasteiger partial charge in [-0.2, -0.15) is 0 Å². The Hall–Kier alpha value is -1.20. The highest BCUT2D eigenvalue weighted by molar-refractivity contribution is 9.11. The zero-order valence-corrected chi connectivity index (χ0v) is 13.5. The van der Waals surface area contributed by atoms with E-state index >= 15 is 0 Å². The molecule has 0 aliphatic heterocycles. The predicted octanol–water partition coefficient (Wildman–Crippen LogP) is 4.54. The number of hydrogen-bond donors (Lipinski definition) is 2. The highest BCUT2D eigenvalue weighted by Gasteiger charge is 2.07. The smallest absolute Gasteiger partial charge is 0.135 e. The Morgan fingerprint density at radius 3 is 2.63 bits per heavy atom. The number of rotatable bonds is 4. The number of phenols is 1. The Bertz CT molecular complexity index is 588. The lowest BCUT2D eigenvalue weighted by molar-refractivity contribution is 0.412. The summed E-state index contributed by atoms with van der Waals surface area (Å²) in [7, 11) is 1.63. The molecule has 2 aromatic rings. The topological polar surface area (TPSA) is 41.5 Å². The molecule has 2 aromatic carbocycles. The Morgan fingerprint density at radius 2 is 1.95 bits per heavy atom. The molecule has 100 valence electrons. The van der Waals surface area contributed by atoms with Gasteiger partial charge in [0.2, 0.25) is 0 Å². The number of anilines is 1. The summed E-state index contributed by atoms with van der Waals surface area (Å²) in [5, 5.41) is 12.7. The molecule has 0 amide bonds. The number of methoxy groups -OCH3 is 1. The molecule has 0 fully saturated rings. The summed E-state index contributed by atoms with van der Waals surface area (Å²) in [5.74, 6) is 1.04. The van der Waals surface area contributed by atoms with Crippen LogP contribution < -0.4 is 10.1 Å². The number of phenolic OH excluding ortho intramolecular Hbond substituents is 1. The van der Waals surface area contributed by atoms with Gasteiger partial charge in [-0.1, -0.05) is 12.1 Å². The van der Waals surface area contributed by atoms with Crippen LogP contribution in [0, 0.1) is 0 Å². The summed E-state index contributed by atoms with van der Waals surface area (Å²) in [6.45, 7) is 0.623. The summed E-state index contributed by atoms with van der Waals surface area (Å²) in [5.41, 5.74) is 1.94. The third-order valence-corrected chi connectivity index (χ3v) is 3.91. The van der Waals surface area contributed by atoms with Crippen molar-refractivity contribution in [3.63, 3.8) is 0 Å². The van der Waals surface area contributed by atoms with E-state index < -0.39 is 0 Å². The number of hydrogen-bond acceptors (Lipinski definition) is 3. The fraction of sp³-hybridized carbons (Fsp3) is 0.143. The van der Waals surface area contributed by atoms with Gasteiger partial charge in [-0.25, -0.2) is 0 Å². The lowest BCUT2D eigenvalue weighted by atomic mass is 10.2. The molecule has 0 saturated heterocycles. The number of aromatic hydroxyl groups is 1. The second kappa shape index (κ2) is 6.30. The van der Waals surface area contributed by atoms with Crippen LogP contribution >= 0.6 is 31.9 Å². The number of nitrogens with one attached hydrogen (secondary N) is 1. The van der Waals surface area contributed by atoms with E-state index in [1.807, 2.05) is 24.3 Å². The van der Waals surface area contributed by atoms with Crippen LogP contribution in [0.25, 0.3) is 0 Å². The van der Waals surface area contributed by atoms with E-state index in [1.54, 1.807) is 19.2 Å². The molecule has 0 atom stereocenters. The van der Waals surface area contributed by atoms with Crippen molar-refractivity contribution < 1.29 is 9.84 Å². The molecule has 0 aromatic heterocycles. The van der Waals surface area contributed by atoms with Crippen molar-refractivity contribution in [1.82, 2.24) is 0 Å². The van der Waals surface area contributed by atoms with Crippen LogP contribution in [0.2, 0.25) is 0 Å². The first-order valence-electron chi connectivity index (χ1n) is 5.65. The molecule has 0 heterocycles. The largest absolute Gasteiger partial charge is 0.508 e. The van der Waals surface area contributed by atoms with Crippen LogP contribution in [0.15, 0.2) is 45.3 Å². The highest BCUT2D eigenvalue weighted by atomic mass is 79.9. The molecule has 0 aliphatic carbocycles. The average Bonchev–Trinajstić information content (AvgIpc) is 2.38. The fourth-order valence-electron chi connectivity index (χ4n) is 1.68. The summed E-state index contributed by atoms with van der Waals surface area (Å²) < 4.78 is 7.10. The number of halogens is 2. The molecule has 0 spiro atoms. The van der Waals surface area contributed by atoms with Gasteiger partial charge in [0.1, 0.15) is 11.5 Å². The van der Waals surface area contributed by atoms with E-state index in [1.165, 1.54) is 0 Å². The minimum absolute atomic E-state index is 0.270. The van der Waals surface area contributed by atoms with E-state index in [4.69, 9.17) is 4.74 Å². The zero-order chi connectivity index (χ0) is 13.8. The first-order valence-corrected chi connectivity index (χ1v) is 7.23. The van der Waals surface area contributed by atoms with Crippen LogP contribution in [0.4, 0.5) is 5.69 Å². The van der Waals surface area contributed by atoms with E-state index in [2.05, 4.69) is 37.2 Å². The van der Waals surface area contributed by atoms with Gasteiger partial charge in [0, 0.05) is 17.1 Å². The SMILES string of the molecule is COc1cc(NCc2cccc(O)c2)c(Br)cc1Br. The minimum Gasteiger partial charge on any atom is -0.508 e. The Balaban J connectivity index is 2.15. The van der Waals surface area contributed by atoms with E-state index in [0.29, 0.717) is 6.54 Å². The molecule has 2 rings (SSSR count). The van der Waals surface area contributed by atoms with E-state index in [0.717, 1.165) is 25.9 Å². The minimum atomic E-state index is 0.270. The van der Waals surface area contributed by atoms with Crippen molar-refractivity contribution >= 4 is 37.5 Å². The van der Waals surface area contributed by atoms with E-state index in [-0.39, 0.29) is 5.75 Å². The molecule has 0 saturated carbocycles. The van der Waals surface area contributed by atoms with Crippen molar-refractivity contribution in [2.45, 2.75) is 6.54 Å². The Kier molecular flexibility index (Phi) is 4.71. The normalized spacial score (nSPS) is 10.3. The molecule has 0 bridgehead atoms. The van der Waals surface area contributed by atoms with Crippen molar-refractivity contribution in [2.75, 3.05) is 12.4 Å². The van der Waals surface area contributed by atoms with Crippen molar-refractivity contribution in [3.05, 3.63) is 50.9 Å². The molecule has 3 nitrogen and oxygen atoms in total. The van der Waals surface area contributed by atoms with Crippen LogP contribution in [0.5, 0.6) is 11.5 Å². The second-order valence-electron chi connectivity index (χ2n) is 3.99. The maximum absolute atomic E-state index is 9.42. The molecule has 5 heteroatoms. The van der Waals surface area contributed by atoms with Gasteiger partial charge in [0.05, 0.1) is 17.3 Å². The van der Waals surface area contributed by atoms with Crippen LogP contribution in [0.1, 0.15) is 5.56 Å². The summed E-state index contributed by atoms with van der Waals surface area (Å²) >= 11 is 6.93. The van der Waals surface area contributed by atoms with Gasteiger partial charge < -0.3 is 15.2 Å². The molecule has 0 aliphatic rings. The molecule has 19 heavy (non-hydrogen) atoms. The lowest BCUT2D eigenvalue weighted by Crippen LogP contribution is -2.00. The van der Waals surface area contributed by atoms with Gasteiger partial charge in [0.15, 0.2) is 0 Å². The fourth-order valence-corrected chi connectivity index (χ4v) is 2.98. The maximum atomic E-state index is 9.42. The molecular weight excluding hydrogens is 374 g/mol. The monoisotopic (exact) mass is 385 g/mol. The zero-order valence-electron chi connectivity index (χ0n) is 10.3. The number of benzene rings is 2. The highest BCUT2D eigenvalue weighted by Crippen LogP contribution is 2.34.